The maximum atomic E-state index is 11.6. The van der Waals surface area contributed by atoms with Crippen LogP contribution in [0.3, 0.4) is 0 Å². The van der Waals surface area contributed by atoms with Gasteiger partial charge in [-0.25, -0.2) is 9.59 Å². The first-order valence-electron chi connectivity index (χ1n) is 7.21. The molecule has 2 aromatic rings. The molecule has 0 aliphatic carbocycles. The molecule has 2 N–H and O–H groups in total. The van der Waals surface area contributed by atoms with Crippen molar-refractivity contribution >= 4 is 29.7 Å². The van der Waals surface area contributed by atoms with Crippen molar-refractivity contribution in [3.63, 3.8) is 0 Å². The summed E-state index contributed by atoms with van der Waals surface area (Å²) in [4.78, 5) is 22.7. The van der Waals surface area contributed by atoms with Crippen molar-refractivity contribution in [2.24, 2.45) is 0 Å². The number of aromatic carboxylic acids is 1. The Balaban J connectivity index is 1.84. The number of benzene rings is 2. The van der Waals surface area contributed by atoms with Crippen LogP contribution in [0.15, 0.2) is 54.6 Å². The Morgan fingerprint density at radius 1 is 1.12 bits per heavy atom. The molecule has 24 heavy (non-hydrogen) atoms. The number of nitrogens with one attached hydrogen (secondary N) is 1. The van der Waals surface area contributed by atoms with Gasteiger partial charge in [-0.2, -0.15) is 0 Å². The fraction of sp³-hybridized carbons (Fsp3) is 0.111. The van der Waals surface area contributed by atoms with Gasteiger partial charge in [0.05, 0.1) is 5.56 Å². The molecular formula is C18H16ClNO4. The van der Waals surface area contributed by atoms with Crippen LogP contribution in [0.25, 0.3) is 6.08 Å². The van der Waals surface area contributed by atoms with Crippen molar-refractivity contribution in [2.45, 2.75) is 6.61 Å². The fourth-order valence-corrected chi connectivity index (χ4v) is 2.22. The second kappa shape index (κ2) is 8.74. The van der Waals surface area contributed by atoms with E-state index in [4.69, 9.17) is 21.4 Å². The topological polar surface area (TPSA) is 75.6 Å². The molecule has 0 saturated carbocycles. The Bertz CT molecular complexity index is 744. The number of halogens is 1. The zero-order chi connectivity index (χ0) is 17.4. The summed E-state index contributed by atoms with van der Waals surface area (Å²) >= 11 is 6.01. The van der Waals surface area contributed by atoms with Crippen molar-refractivity contribution in [2.75, 3.05) is 6.54 Å². The molecule has 1 amide bonds. The lowest BCUT2D eigenvalue weighted by molar-refractivity contribution is 0.0696. The van der Waals surface area contributed by atoms with Crippen LogP contribution in [0, 0.1) is 0 Å². The summed E-state index contributed by atoms with van der Waals surface area (Å²) in [5.74, 6) is -1.06. The largest absolute Gasteiger partial charge is 0.478 e. The summed E-state index contributed by atoms with van der Waals surface area (Å²) < 4.78 is 5.06. The summed E-state index contributed by atoms with van der Waals surface area (Å²) in [7, 11) is 0. The van der Waals surface area contributed by atoms with Crippen molar-refractivity contribution in [3.05, 3.63) is 76.3 Å². The number of amides is 1. The minimum absolute atomic E-state index is 0.102. The maximum absolute atomic E-state index is 11.6. The Labute approximate surface area is 144 Å². The number of carbonyl (C=O) groups excluding carboxylic acids is 1. The van der Waals surface area contributed by atoms with Crippen LogP contribution in [0.5, 0.6) is 0 Å². The molecule has 0 spiro atoms. The molecule has 2 aromatic carbocycles. The van der Waals surface area contributed by atoms with Crippen LogP contribution in [0.1, 0.15) is 21.5 Å². The fourth-order valence-electron chi connectivity index (χ4n) is 1.99. The monoisotopic (exact) mass is 345 g/mol. The van der Waals surface area contributed by atoms with Gasteiger partial charge < -0.3 is 15.2 Å². The van der Waals surface area contributed by atoms with E-state index in [0.29, 0.717) is 10.6 Å². The average Bonchev–Trinajstić information content (AvgIpc) is 2.58. The van der Waals surface area contributed by atoms with E-state index in [0.717, 1.165) is 5.56 Å². The van der Waals surface area contributed by atoms with Crippen molar-refractivity contribution < 1.29 is 19.4 Å². The quantitative estimate of drug-likeness (QED) is 0.830. The summed E-state index contributed by atoms with van der Waals surface area (Å²) in [5, 5.41) is 12.0. The zero-order valence-electron chi connectivity index (χ0n) is 12.7. The number of hydrogen-bond donors (Lipinski definition) is 2. The summed E-state index contributed by atoms with van der Waals surface area (Å²) in [6.45, 7) is 0.377. The van der Waals surface area contributed by atoms with Gasteiger partial charge in [0.1, 0.15) is 6.61 Å². The summed E-state index contributed by atoms with van der Waals surface area (Å²) in [5.41, 5.74) is 1.39. The number of carboxylic acids is 1. The Hall–Kier alpha value is -2.79. The van der Waals surface area contributed by atoms with Gasteiger partial charge in [0, 0.05) is 17.1 Å². The highest BCUT2D eigenvalue weighted by atomic mass is 35.5. The predicted molar refractivity (Wildman–Crippen MR) is 92.1 cm³/mol. The van der Waals surface area contributed by atoms with Gasteiger partial charge in [0.2, 0.25) is 0 Å². The number of carbonyl (C=O) groups is 2. The summed E-state index contributed by atoms with van der Waals surface area (Å²) in [6.07, 6.45) is 2.61. The lowest BCUT2D eigenvalue weighted by Crippen LogP contribution is -2.24. The Morgan fingerprint density at radius 2 is 1.88 bits per heavy atom. The van der Waals surface area contributed by atoms with Gasteiger partial charge >= 0.3 is 12.1 Å². The number of alkyl carbamates (subject to hydrolysis) is 1. The molecule has 0 aromatic heterocycles. The zero-order valence-corrected chi connectivity index (χ0v) is 13.5. The SMILES string of the molecule is O=C(NCC=Cc1c(Cl)cccc1C(=O)O)OCc1ccccc1. The first-order valence-corrected chi connectivity index (χ1v) is 7.58. The lowest BCUT2D eigenvalue weighted by atomic mass is 10.1. The van der Waals surface area contributed by atoms with Crippen LogP contribution in [0.4, 0.5) is 4.79 Å². The average molecular weight is 346 g/mol. The van der Waals surface area contributed by atoms with E-state index in [1.807, 2.05) is 30.3 Å². The molecule has 0 fully saturated rings. The Morgan fingerprint density at radius 3 is 2.58 bits per heavy atom. The smallest absolute Gasteiger partial charge is 0.407 e. The van der Waals surface area contributed by atoms with Crippen LogP contribution in [0.2, 0.25) is 5.02 Å². The minimum atomic E-state index is -1.06. The van der Waals surface area contributed by atoms with Crippen LogP contribution >= 0.6 is 11.6 Å². The van der Waals surface area contributed by atoms with E-state index >= 15 is 0 Å². The van der Waals surface area contributed by atoms with E-state index in [2.05, 4.69) is 5.32 Å². The second-order valence-corrected chi connectivity index (χ2v) is 5.26. The highest BCUT2D eigenvalue weighted by Crippen LogP contribution is 2.21. The minimum Gasteiger partial charge on any atom is -0.478 e. The van der Waals surface area contributed by atoms with Gasteiger partial charge in [0.25, 0.3) is 0 Å². The number of carboxylic acid groups (broad SMARTS) is 1. The number of hydrogen-bond acceptors (Lipinski definition) is 3. The molecule has 0 radical (unpaired) electrons. The van der Waals surface area contributed by atoms with Gasteiger partial charge in [-0.15, -0.1) is 0 Å². The van der Waals surface area contributed by atoms with Crippen molar-refractivity contribution in [1.29, 1.82) is 0 Å². The first kappa shape index (κ1) is 17.6. The number of ether oxygens (including phenoxy) is 1. The molecule has 0 atom stereocenters. The third kappa shape index (κ3) is 5.14. The molecule has 0 aliphatic heterocycles. The van der Waals surface area contributed by atoms with Gasteiger partial charge in [-0.3, -0.25) is 0 Å². The molecule has 0 aliphatic rings. The molecule has 2 rings (SSSR count). The van der Waals surface area contributed by atoms with Crippen molar-refractivity contribution in [3.8, 4) is 0 Å². The van der Waals surface area contributed by atoms with Gasteiger partial charge in [-0.05, 0) is 17.7 Å². The molecule has 0 heterocycles. The van der Waals surface area contributed by atoms with E-state index in [9.17, 15) is 9.59 Å². The molecule has 0 unspecified atom stereocenters. The van der Waals surface area contributed by atoms with Crippen LogP contribution in [-0.4, -0.2) is 23.7 Å². The van der Waals surface area contributed by atoms with E-state index in [-0.39, 0.29) is 18.7 Å². The highest BCUT2D eigenvalue weighted by Gasteiger charge is 2.10. The second-order valence-electron chi connectivity index (χ2n) is 4.85. The first-order chi connectivity index (χ1) is 11.6. The third-order valence-electron chi connectivity index (χ3n) is 3.14. The molecule has 0 bridgehead atoms. The third-order valence-corrected chi connectivity index (χ3v) is 3.47. The highest BCUT2D eigenvalue weighted by molar-refractivity contribution is 6.32. The summed E-state index contributed by atoms with van der Waals surface area (Å²) in [6, 6.07) is 14.0. The van der Waals surface area contributed by atoms with Crippen LogP contribution in [-0.2, 0) is 11.3 Å². The molecule has 5 nitrogen and oxygen atoms in total. The van der Waals surface area contributed by atoms with E-state index in [1.54, 1.807) is 24.3 Å². The Kier molecular flexibility index (Phi) is 6.40. The standard InChI is InChI=1S/C18H16ClNO4/c19-16-10-4-8-15(17(21)22)14(16)9-5-11-20-18(23)24-12-13-6-2-1-3-7-13/h1-10H,11-12H2,(H,20,23)(H,21,22). The maximum Gasteiger partial charge on any atom is 0.407 e. The number of rotatable bonds is 6. The van der Waals surface area contributed by atoms with Crippen molar-refractivity contribution in [1.82, 2.24) is 5.32 Å². The molecule has 6 heteroatoms. The molecule has 124 valence electrons. The van der Waals surface area contributed by atoms with Gasteiger partial charge in [0.15, 0.2) is 0 Å². The molecule has 0 saturated heterocycles. The lowest BCUT2D eigenvalue weighted by Gasteiger charge is -2.06. The van der Waals surface area contributed by atoms with Gasteiger partial charge in [-0.1, -0.05) is 60.2 Å². The predicted octanol–water partition coefficient (Wildman–Crippen LogP) is 3.98. The van der Waals surface area contributed by atoms with E-state index in [1.165, 1.54) is 6.07 Å². The molecular weight excluding hydrogens is 330 g/mol. The van der Waals surface area contributed by atoms with E-state index < -0.39 is 12.1 Å². The van der Waals surface area contributed by atoms with Crippen LogP contribution < -0.4 is 5.32 Å². The normalized spacial score (nSPS) is 10.5.